The normalized spacial score (nSPS) is 10.6. The van der Waals surface area contributed by atoms with Gasteiger partial charge in [-0.15, -0.1) is 0 Å². The Hall–Kier alpha value is -1.59. The molecule has 0 saturated carbocycles. The molecule has 0 bridgehead atoms. The molecule has 6 heteroatoms. The van der Waals surface area contributed by atoms with Crippen LogP contribution in [0.15, 0.2) is 22.6 Å². The van der Waals surface area contributed by atoms with Gasteiger partial charge in [0.1, 0.15) is 5.52 Å². The number of halogens is 1. The Bertz CT molecular complexity index is 524. The summed E-state index contributed by atoms with van der Waals surface area (Å²) in [4.78, 5) is 15.4. The number of rotatable bonds is 3. The van der Waals surface area contributed by atoms with Crippen LogP contribution < -0.4 is 5.32 Å². The number of nitrogens with zero attached hydrogens (tertiary/aromatic N) is 1. The Morgan fingerprint density at radius 3 is 3.12 bits per heavy atom. The van der Waals surface area contributed by atoms with Crippen molar-refractivity contribution < 1.29 is 14.3 Å². The molecule has 0 spiro atoms. The maximum atomic E-state index is 11.5. The molecule has 1 aromatic heterocycles. The molecule has 2 N–H and O–H groups in total. The van der Waals surface area contributed by atoms with Crippen LogP contribution in [0.1, 0.15) is 10.4 Å². The maximum Gasteiger partial charge on any atom is 0.293 e. The molecule has 0 atom stereocenters. The summed E-state index contributed by atoms with van der Waals surface area (Å²) in [5.41, 5.74) is 1.50. The van der Waals surface area contributed by atoms with Gasteiger partial charge in [-0.25, -0.2) is 0 Å². The van der Waals surface area contributed by atoms with E-state index in [4.69, 9.17) is 21.1 Å². The van der Waals surface area contributed by atoms with Crippen LogP contribution in [-0.4, -0.2) is 29.1 Å². The first kappa shape index (κ1) is 10.9. The van der Waals surface area contributed by atoms with Gasteiger partial charge in [0, 0.05) is 12.1 Å². The van der Waals surface area contributed by atoms with Crippen molar-refractivity contribution in [2.75, 3.05) is 13.2 Å². The highest BCUT2D eigenvalue weighted by Crippen LogP contribution is 2.19. The van der Waals surface area contributed by atoms with E-state index in [1.165, 1.54) is 0 Å². The topological polar surface area (TPSA) is 75.4 Å². The van der Waals surface area contributed by atoms with Crippen molar-refractivity contribution >= 4 is 28.6 Å². The summed E-state index contributed by atoms with van der Waals surface area (Å²) in [6.07, 6.45) is 0. The first-order chi connectivity index (χ1) is 7.70. The minimum atomic E-state index is -0.275. The van der Waals surface area contributed by atoms with Crippen LogP contribution in [0.5, 0.6) is 0 Å². The molecule has 2 aromatic rings. The van der Waals surface area contributed by atoms with Crippen molar-refractivity contribution in [3.05, 3.63) is 29.1 Å². The van der Waals surface area contributed by atoms with Crippen LogP contribution >= 0.6 is 11.6 Å². The van der Waals surface area contributed by atoms with E-state index in [0.29, 0.717) is 16.7 Å². The SMILES string of the molecule is O=C(NCCO)c1ccc2nc(Cl)oc2c1. The molecular formula is C10H9ClN2O3. The lowest BCUT2D eigenvalue weighted by Crippen LogP contribution is -2.26. The van der Waals surface area contributed by atoms with Gasteiger partial charge in [0.15, 0.2) is 5.58 Å². The van der Waals surface area contributed by atoms with Gasteiger partial charge in [0.05, 0.1) is 6.61 Å². The predicted molar refractivity (Wildman–Crippen MR) is 58.4 cm³/mol. The number of hydrogen-bond donors (Lipinski definition) is 2. The van der Waals surface area contributed by atoms with E-state index >= 15 is 0 Å². The Morgan fingerprint density at radius 1 is 1.56 bits per heavy atom. The fraction of sp³-hybridized carbons (Fsp3) is 0.200. The predicted octanol–water partition coefficient (Wildman–Crippen LogP) is 1.20. The highest BCUT2D eigenvalue weighted by atomic mass is 35.5. The zero-order valence-electron chi connectivity index (χ0n) is 8.24. The minimum absolute atomic E-state index is 0.0444. The van der Waals surface area contributed by atoms with Gasteiger partial charge in [-0.3, -0.25) is 4.79 Å². The molecule has 84 valence electrons. The molecule has 0 aliphatic carbocycles. The minimum Gasteiger partial charge on any atom is -0.428 e. The van der Waals surface area contributed by atoms with E-state index in [-0.39, 0.29) is 24.4 Å². The van der Waals surface area contributed by atoms with Crippen LogP contribution in [0.3, 0.4) is 0 Å². The number of hydrogen-bond acceptors (Lipinski definition) is 4. The summed E-state index contributed by atoms with van der Waals surface area (Å²) in [6.45, 7) is 0.121. The van der Waals surface area contributed by atoms with Gasteiger partial charge < -0.3 is 14.8 Å². The smallest absolute Gasteiger partial charge is 0.293 e. The monoisotopic (exact) mass is 240 g/mol. The van der Waals surface area contributed by atoms with Gasteiger partial charge in [0.25, 0.3) is 11.3 Å². The Labute approximate surface area is 96.0 Å². The zero-order chi connectivity index (χ0) is 11.5. The summed E-state index contributed by atoms with van der Waals surface area (Å²) in [6, 6.07) is 4.83. The fourth-order valence-corrected chi connectivity index (χ4v) is 1.48. The lowest BCUT2D eigenvalue weighted by atomic mass is 10.2. The number of aliphatic hydroxyl groups is 1. The summed E-state index contributed by atoms with van der Waals surface area (Å²) in [5, 5.41) is 11.2. The van der Waals surface area contributed by atoms with Gasteiger partial charge in [-0.05, 0) is 29.8 Å². The molecule has 16 heavy (non-hydrogen) atoms. The van der Waals surface area contributed by atoms with E-state index in [2.05, 4.69) is 10.3 Å². The first-order valence-corrected chi connectivity index (χ1v) is 5.03. The number of aliphatic hydroxyl groups excluding tert-OH is 1. The first-order valence-electron chi connectivity index (χ1n) is 4.66. The third-order valence-electron chi connectivity index (χ3n) is 2.02. The molecule has 1 heterocycles. The summed E-state index contributed by atoms with van der Waals surface area (Å²) >= 11 is 5.59. The summed E-state index contributed by atoms with van der Waals surface area (Å²) in [7, 11) is 0. The number of amides is 1. The van der Waals surface area contributed by atoms with E-state index in [1.807, 2.05) is 0 Å². The molecule has 0 fully saturated rings. The lowest BCUT2D eigenvalue weighted by Gasteiger charge is -2.01. The van der Waals surface area contributed by atoms with Crippen molar-refractivity contribution in [3.8, 4) is 0 Å². The third-order valence-corrected chi connectivity index (χ3v) is 2.18. The molecule has 5 nitrogen and oxygen atoms in total. The molecule has 2 rings (SSSR count). The van der Waals surface area contributed by atoms with Crippen molar-refractivity contribution in [1.82, 2.24) is 10.3 Å². The number of carbonyl (C=O) groups excluding carboxylic acids is 1. The highest BCUT2D eigenvalue weighted by molar-refractivity contribution is 6.28. The zero-order valence-corrected chi connectivity index (χ0v) is 8.99. The van der Waals surface area contributed by atoms with Crippen LogP contribution in [0.4, 0.5) is 0 Å². The quantitative estimate of drug-likeness (QED) is 0.846. The largest absolute Gasteiger partial charge is 0.428 e. The molecule has 0 aliphatic rings. The maximum absolute atomic E-state index is 11.5. The number of nitrogens with one attached hydrogen (secondary N) is 1. The van der Waals surface area contributed by atoms with E-state index in [0.717, 1.165) is 0 Å². The van der Waals surface area contributed by atoms with Crippen molar-refractivity contribution in [2.45, 2.75) is 0 Å². The number of fused-ring (bicyclic) bond motifs is 1. The van der Waals surface area contributed by atoms with E-state index in [1.54, 1.807) is 18.2 Å². The fourth-order valence-electron chi connectivity index (χ4n) is 1.31. The molecule has 0 saturated heterocycles. The average Bonchev–Trinajstić information content (AvgIpc) is 2.64. The molecule has 0 aliphatic heterocycles. The van der Waals surface area contributed by atoms with Crippen molar-refractivity contribution in [2.24, 2.45) is 0 Å². The van der Waals surface area contributed by atoms with Crippen molar-refractivity contribution in [3.63, 3.8) is 0 Å². The molecule has 0 unspecified atom stereocenters. The lowest BCUT2D eigenvalue weighted by molar-refractivity contribution is 0.0945. The number of oxazole rings is 1. The number of benzene rings is 1. The van der Waals surface area contributed by atoms with Crippen LogP contribution in [-0.2, 0) is 0 Å². The second kappa shape index (κ2) is 4.51. The van der Waals surface area contributed by atoms with Crippen LogP contribution in [0.2, 0.25) is 5.35 Å². The van der Waals surface area contributed by atoms with Gasteiger partial charge in [0.2, 0.25) is 0 Å². The third kappa shape index (κ3) is 2.15. The second-order valence-corrected chi connectivity index (χ2v) is 3.45. The van der Waals surface area contributed by atoms with Gasteiger partial charge in [-0.1, -0.05) is 0 Å². The molecule has 1 aromatic carbocycles. The van der Waals surface area contributed by atoms with E-state index < -0.39 is 0 Å². The average molecular weight is 241 g/mol. The molecular weight excluding hydrogens is 232 g/mol. The highest BCUT2D eigenvalue weighted by Gasteiger charge is 2.09. The summed E-state index contributed by atoms with van der Waals surface area (Å²) in [5.74, 6) is -0.275. The Morgan fingerprint density at radius 2 is 2.38 bits per heavy atom. The standard InChI is InChI=1S/C10H9ClN2O3/c11-10-13-7-2-1-6(5-8(7)16-10)9(15)12-3-4-14/h1-2,5,14H,3-4H2,(H,12,15). The summed E-state index contributed by atoms with van der Waals surface area (Å²) < 4.78 is 5.09. The van der Waals surface area contributed by atoms with Crippen molar-refractivity contribution in [1.29, 1.82) is 0 Å². The number of carbonyl (C=O) groups is 1. The van der Waals surface area contributed by atoms with Gasteiger partial charge >= 0.3 is 0 Å². The molecule has 0 radical (unpaired) electrons. The number of aromatic nitrogens is 1. The van der Waals surface area contributed by atoms with Crippen LogP contribution in [0, 0.1) is 0 Å². The van der Waals surface area contributed by atoms with E-state index in [9.17, 15) is 4.79 Å². The molecule has 1 amide bonds. The Balaban J connectivity index is 2.28. The Kier molecular flexibility index (Phi) is 3.07. The van der Waals surface area contributed by atoms with Crippen LogP contribution in [0.25, 0.3) is 11.1 Å². The second-order valence-electron chi connectivity index (χ2n) is 3.13. The van der Waals surface area contributed by atoms with Gasteiger partial charge in [-0.2, -0.15) is 4.98 Å².